The quantitative estimate of drug-likeness (QED) is 0.677. The molecule has 1 amide bonds. The minimum Gasteiger partial charge on any atom is -0.497 e. The second-order valence-electron chi connectivity index (χ2n) is 6.67. The largest absolute Gasteiger partial charge is 0.497 e. The number of hydrogen-bond acceptors (Lipinski definition) is 3. The number of aromatic amines is 1. The number of aryl methyl sites for hydroxylation is 2. The highest BCUT2D eigenvalue weighted by atomic mass is 16.5. The van der Waals surface area contributed by atoms with Gasteiger partial charge in [-0.3, -0.25) is 9.59 Å². The summed E-state index contributed by atoms with van der Waals surface area (Å²) in [7, 11) is 1.63. The molecule has 3 aromatic rings. The summed E-state index contributed by atoms with van der Waals surface area (Å²) in [5.41, 5.74) is 3.59. The molecule has 3 rings (SSSR count). The van der Waals surface area contributed by atoms with Crippen LogP contribution >= 0.6 is 0 Å². The van der Waals surface area contributed by atoms with Crippen LogP contribution in [0.3, 0.4) is 0 Å². The highest BCUT2D eigenvalue weighted by Crippen LogP contribution is 2.14. The van der Waals surface area contributed by atoms with Crippen molar-refractivity contribution in [3.05, 3.63) is 75.6 Å². The van der Waals surface area contributed by atoms with Crippen molar-refractivity contribution in [2.75, 3.05) is 13.7 Å². The van der Waals surface area contributed by atoms with Crippen LogP contribution in [-0.2, 0) is 17.6 Å². The van der Waals surface area contributed by atoms with Crippen LogP contribution in [0.15, 0.2) is 53.3 Å². The Balaban J connectivity index is 1.52. The molecule has 0 bridgehead atoms. The lowest BCUT2D eigenvalue weighted by Crippen LogP contribution is -2.27. The van der Waals surface area contributed by atoms with E-state index < -0.39 is 0 Å². The molecule has 1 heterocycles. The summed E-state index contributed by atoms with van der Waals surface area (Å²) >= 11 is 0. The Bertz CT molecular complexity index is 1010. The van der Waals surface area contributed by atoms with Gasteiger partial charge >= 0.3 is 0 Å². The van der Waals surface area contributed by atoms with Crippen LogP contribution in [0.4, 0.5) is 0 Å². The minimum absolute atomic E-state index is 0.0225. The van der Waals surface area contributed by atoms with E-state index in [4.69, 9.17) is 4.74 Å². The highest BCUT2D eigenvalue weighted by molar-refractivity contribution is 5.79. The molecule has 0 radical (unpaired) electrons. The van der Waals surface area contributed by atoms with Crippen molar-refractivity contribution in [1.29, 1.82) is 0 Å². The van der Waals surface area contributed by atoms with Crippen LogP contribution in [0.2, 0.25) is 0 Å². The summed E-state index contributed by atoms with van der Waals surface area (Å²) in [6, 6.07) is 15.6. The van der Waals surface area contributed by atoms with E-state index in [9.17, 15) is 9.59 Å². The number of hydrogen-bond donors (Lipinski definition) is 2. The highest BCUT2D eigenvalue weighted by Gasteiger charge is 2.06. The molecule has 0 saturated heterocycles. The first-order chi connectivity index (χ1) is 13.0. The standard InChI is InChI=1S/C22H24N2O3/c1-15-6-8-17-14-18(22(26)24-20(17)12-15)10-11-23-21(25)9-7-16-4-3-5-19(13-16)27-2/h3-6,8,12-14H,7,9-11H2,1-2H3,(H,23,25)(H,24,26). The van der Waals surface area contributed by atoms with Crippen molar-refractivity contribution < 1.29 is 9.53 Å². The summed E-state index contributed by atoms with van der Waals surface area (Å²) in [4.78, 5) is 27.2. The number of H-pyrrole nitrogens is 1. The van der Waals surface area contributed by atoms with Gasteiger partial charge in [0.15, 0.2) is 0 Å². The lowest BCUT2D eigenvalue weighted by atomic mass is 10.1. The third-order valence-corrected chi connectivity index (χ3v) is 4.57. The fourth-order valence-corrected chi connectivity index (χ4v) is 3.06. The molecule has 27 heavy (non-hydrogen) atoms. The minimum atomic E-state index is -0.0984. The Morgan fingerprint density at radius 1 is 1.11 bits per heavy atom. The molecule has 2 aromatic carbocycles. The Morgan fingerprint density at radius 3 is 2.78 bits per heavy atom. The van der Waals surface area contributed by atoms with Crippen molar-refractivity contribution in [3.63, 3.8) is 0 Å². The summed E-state index contributed by atoms with van der Waals surface area (Å²) in [6.07, 6.45) is 1.56. The first kappa shape index (κ1) is 18.7. The third kappa shape index (κ3) is 4.97. The van der Waals surface area contributed by atoms with Gasteiger partial charge in [0.1, 0.15) is 5.75 Å². The second-order valence-corrected chi connectivity index (χ2v) is 6.67. The van der Waals surface area contributed by atoms with Crippen LogP contribution in [0, 0.1) is 6.92 Å². The number of carbonyl (C=O) groups is 1. The van der Waals surface area contributed by atoms with Gasteiger partial charge in [0.25, 0.3) is 5.56 Å². The lowest BCUT2D eigenvalue weighted by molar-refractivity contribution is -0.121. The van der Waals surface area contributed by atoms with Crippen molar-refractivity contribution in [2.24, 2.45) is 0 Å². The average Bonchev–Trinajstić information content (AvgIpc) is 2.67. The smallest absolute Gasteiger partial charge is 0.251 e. The molecule has 0 saturated carbocycles. The van der Waals surface area contributed by atoms with Crippen LogP contribution in [-0.4, -0.2) is 24.5 Å². The topological polar surface area (TPSA) is 71.2 Å². The summed E-state index contributed by atoms with van der Waals surface area (Å²) in [6.45, 7) is 2.43. The average molecular weight is 364 g/mol. The monoisotopic (exact) mass is 364 g/mol. The molecule has 0 aliphatic carbocycles. The number of rotatable bonds is 7. The van der Waals surface area contributed by atoms with Gasteiger partial charge in [-0.05, 0) is 60.5 Å². The van der Waals surface area contributed by atoms with E-state index >= 15 is 0 Å². The molecule has 5 heteroatoms. The first-order valence-corrected chi connectivity index (χ1v) is 9.07. The fraction of sp³-hybridized carbons (Fsp3) is 0.273. The van der Waals surface area contributed by atoms with Crippen LogP contribution in [0.1, 0.15) is 23.1 Å². The number of aromatic nitrogens is 1. The van der Waals surface area contributed by atoms with E-state index in [1.165, 1.54) is 0 Å². The van der Waals surface area contributed by atoms with Gasteiger partial charge < -0.3 is 15.0 Å². The predicted molar refractivity (Wildman–Crippen MR) is 107 cm³/mol. The van der Waals surface area contributed by atoms with Crippen molar-refractivity contribution in [2.45, 2.75) is 26.2 Å². The van der Waals surface area contributed by atoms with E-state index in [1.807, 2.05) is 55.5 Å². The van der Waals surface area contributed by atoms with Crippen LogP contribution < -0.4 is 15.6 Å². The Labute approximate surface area is 158 Å². The second kappa shape index (κ2) is 8.54. The number of nitrogens with one attached hydrogen (secondary N) is 2. The van der Waals surface area contributed by atoms with Crippen molar-refractivity contribution >= 4 is 16.8 Å². The van der Waals surface area contributed by atoms with E-state index in [-0.39, 0.29) is 11.5 Å². The third-order valence-electron chi connectivity index (χ3n) is 4.57. The Hall–Kier alpha value is -3.08. The molecule has 1 aromatic heterocycles. The maximum Gasteiger partial charge on any atom is 0.251 e. The van der Waals surface area contributed by atoms with E-state index in [2.05, 4.69) is 10.3 Å². The van der Waals surface area contributed by atoms with Gasteiger partial charge in [-0.2, -0.15) is 0 Å². The predicted octanol–water partition coefficient (Wildman–Crippen LogP) is 3.14. The summed E-state index contributed by atoms with van der Waals surface area (Å²) in [5.74, 6) is 0.768. The van der Waals surface area contributed by atoms with Gasteiger partial charge in [0, 0.05) is 24.0 Å². The lowest BCUT2D eigenvalue weighted by Gasteiger charge is -2.07. The maximum absolute atomic E-state index is 12.2. The SMILES string of the molecule is COc1cccc(CCC(=O)NCCc2cc3ccc(C)cc3[nH]c2=O)c1. The number of ether oxygens (including phenoxy) is 1. The maximum atomic E-state index is 12.2. The molecular formula is C22H24N2O3. The van der Waals surface area contributed by atoms with Gasteiger partial charge in [-0.1, -0.05) is 24.3 Å². The van der Waals surface area contributed by atoms with E-state index in [1.54, 1.807) is 7.11 Å². The summed E-state index contributed by atoms with van der Waals surface area (Å²) < 4.78 is 5.19. The van der Waals surface area contributed by atoms with E-state index in [0.29, 0.717) is 31.4 Å². The molecule has 0 unspecified atom stereocenters. The molecule has 0 aliphatic rings. The molecule has 2 N–H and O–H groups in total. The van der Waals surface area contributed by atoms with Gasteiger partial charge in [0.05, 0.1) is 7.11 Å². The molecule has 5 nitrogen and oxygen atoms in total. The van der Waals surface area contributed by atoms with Crippen LogP contribution in [0.5, 0.6) is 5.75 Å². The number of fused-ring (bicyclic) bond motifs is 1. The molecule has 0 atom stereocenters. The van der Waals surface area contributed by atoms with E-state index in [0.717, 1.165) is 27.8 Å². The van der Waals surface area contributed by atoms with Gasteiger partial charge in [0.2, 0.25) is 5.91 Å². The zero-order chi connectivity index (χ0) is 19.2. The zero-order valence-electron chi connectivity index (χ0n) is 15.7. The Kier molecular flexibility index (Phi) is 5.91. The number of pyridine rings is 1. The number of amides is 1. The van der Waals surface area contributed by atoms with Gasteiger partial charge in [-0.25, -0.2) is 0 Å². The molecule has 0 aliphatic heterocycles. The normalized spacial score (nSPS) is 10.7. The van der Waals surface area contributed by atoms with Crippen LogP contribution in [0.25, 0.3) is 10.9 Å². The molecule has 140 valence electrons. The zero-order valence-corrected chi connectivity index (χ0v) is 15.7. The molecular weight excluding hydrogens is 340 g/mol. The van der Waals surface area contributed by atoms with Crippen molar-refractivity contribution in [1.82, 2.24) is 10.3 Å². The van der Waals surface area contributed by atoms with Gasteiger partial charge in [-0.15, -0.1) is 0 Å². The molecule has 0 fully saturated rings. The molecule has 0 spiro atoms. The summed E-state index contributed by atoms with van der Waals surface area (Å²) in [5, 5.41) is 3.89. The first-order valence-electron chi connectivity index (χ1n) is 9.07. The number of carbonyl (C=O) groups excluding carboxylic acids is 1. The number of benzene rings is 2. The fourth-order valence-electron chi connectivity index (χ4n) is 3.06. The van der Waals surface area contributed by atoms with Crippen molar-refractivity contribution in [3.8, 4) is 5.75 Å². The number of methoxy groups -OCH3 is 1. The Morgan fingerprint density at radius 2 is 1.96 bits per heavy atom.